The minimum Gasteiger partial charge on any atom is -0.489 e. The highest BCUT2D eigenvalue weighted by molar-refractivity contribution is 5.90. The summed E-state index contributed by atoms with van der Waals surface area (Å²) in [4.78, 5) is 11.8. The van der Waals surface area contributed by atoms with Crippen LogP contribution in [0.3, 0.4) is 0 Å². The third-order valence-corrected chi connectivity index (χ3v) is 3.26. The average Bonchev–Trinajstić information content (AvgIpc) is 2.53. The van der Waals surface area contributed by atoms with Crippen molar-refractivity contribution in [1.82, 2.24) is 0 Å². The molecule has 0 heterocycles. The number of carbonyl (C=O) groups excluding carboxylic acids is 1. The van der Waals surface area contributed by atoms with E-state index in [9.17, 15) is 9.18 Å². The normalized spacial score (nSPS) is 11.3. The average molecular weight is 353 g/mol. The molecule has 0 radical (unpaired) electrons. The zero-order valence-corrected chi connectivity index (χ0v) is 14.3. The zero-order valence-electron chi connectivity index (χ0n) is 13.5. The number of carbonyl (C=O) groups is 1. The highest BCUT2D eigenvalue weighted by Crippen LogP contribution is 2.19. The van der Waals surface area contributed by atoms with E-state index in [2.05, 4.69) is 5.32 Å². The summed E-state index contributed by atoms with van der Waals surface area (Å²) in [7, 11) is 0. The third kappa shape index (κ3) is 6.98. The fourth-order valence-corrected chi connectivity index (χ4v) is 1.99. The van der Waals surface area contributed by atoms with Gasteiger partial charge in [-0.05, 0) is 43.2 Å². The Morgan fingerprint density at radius 3 is 2.62 bits per heavy atom. The molecule has 0 aromatic heterocycles. The van der Waals surface area contributed by atoms with Gasteiger partial charge >= 0.3 is 0 Å². The van der Waals surface area contributed by atoms with Gasteiger partial charge in [0.15, 0.2) is 0 Å². The van der Waals surface area contributed by atoms with Crippen LogP contribution in [-0.4, -0.2) is 11.9 Å². The zero-order chi connectivity index (χ0) is 16.7. The second-order valence-corrected chi connectivity index (χ2v) is 5.51. The highest BCUT2D eigenvalue weighted by atomic mass is 35.5. The van der Waals surface area contributed by atoms with Crippen LogP contribution in [0.25, 0.3) is 0 Å². The Kier molecular flexibility index (Phi) is 8.22. The molecule has 0 saturated heterocycles. The van der Waals surface area contributed by atoms with Crippen LogP contribution in [0, 0.1) is 5.82 Å². The van der Waals surface area contributed by atoms with E-state index in [0.29, 0.717) is 30.9 Å². The van der Waals surface area contributed by atoms with Gasteiger partial charge in [-0.15, -0.1) is 12.4 Å². The molecule has 6 heteroatoms. The number of amides is 1. The summed E-state index contributed by atoms with van der Waals surface area (Å²) < 4.78 is 18.5. The van der Waals surface area contributed by atoms with Gasteiger partial charge < -0.3 is 15.8 Å². The standard InChI is InChI=1S/C18H21FN2O2.ClH/c1-13(20)5-10-18(22)21-16-3-2-4-17(11-16)23-12-14-6-8-15(19)9-7-14;/h2-4,6-9,11,13H,5,10,12,20H2,1H3,(H,21,22);1H. The van der Waals surface area contributed by atoms with Crippen LogP contribution in [0.2, 0.25) is 0 Å². The summed E-state index contributed by atoms with van der Waals surface area (Å²) in [5, 5.41) is 2.82. The smallest absolute Gasteiger partial charge is 0.224 e. The van der Waals surface area contributed by atoms with Gasteiger partial charge in [-0.2, -0.15) is 0 Å². The quantitative estimate of drug-likeness (QED) is 0.794. The second kappa shape index (κ2) is 9.90. The largest absolute Gasteiger partial charge is 0.489 e. The molecule has 1 unspecified atom stereocenters. The summed E-state index contributed by atoms with van der Waals surface area (Å²) in [6.45, 7) is 2.21. The lowest BCUT2D eigenvalue weighted by Crippen LogP contribution is -2.19. The molecule has 1 atom stereocenters. The molecule has 2 aromatic rings. The van der Waals surface area contributed by atoms with E-state index in [4.69, 9.17) is 10.5 Å². The number of rotatable bonds is 7. The monoisotopic (exact) mass is 352 g/mol. The molecule has 2 rings (SSSR count). The van der Waals surface area contributed by atoms with Crippen LogP contribution in [0.5, 0.6) is 5.75 Å². The van der Waals surface area contributed by atoms with Gasteiger partial charge in [0.1, 0.15) is 18.2 Å². The Morgan fingerprint density at radius 1 is 1.25 bits per heavy atom. The van der Waals surface area contributed by atoms with Crippen molar-refractivity contribution in [2.45, 2.75) is 32.4 Å². The topological polar surface area (TPSA) is 64.4 Å². The lowest BCUT2D eigenvalue weighted by atomic mass is 10.2. The predicted octanol–water partition coefficient (Wildman–Crippen LogP) is 3.89. The molecule has 0 saturated carbocycles. The molecule has 3 N–H and O–H groups in total. The van der Waals surface area contributed by atoms with E-state index < -0.39 is 0 Å². The van der Waals surface area contributed by atoms with E-state index in [1.165, 1.54) is 12.1 Å². The molecule has 0 aliphatic rings. The molecule has 0 bridgehead atoms. The predicted molar refractivity (Wildman–Crippen MR) is 95.9 cm³/mol. The molecule has 0 aliphatic carbocycles. The number of ether oxygens (including phenoxy) is 1. The minimum absolute atomic E-state index is 0. The molecule has 0 fully saturated rings. The highest BCUT2D eigenvalue weighted by Gasteiger charge is 2.05. The summed E-state index contributed by atoms with van der Waals surface area (Å²) in [6, 6.07) is 13.3. The van der Waals surface area contributed by atoms with Gasteiger partial charge in [0, 0.05) is 24.2 Å². The summed E-state index contributed by atoms with van der Waals surface area (Å²) in [5.41, 5.74) is 7.19. The number of nitrogens with one attached hydrogen (secondary N) is 1. The van der Waals surface area contributed by atoms with Crippen molar-refractivity contribution in [3.05, 3.63) is 59.9 Å². The molecular weight excluding hydrogens is 331 g/mol. The van der Waals surface area contributed by atoms with Gasteiger partial charge in [0.2, 0.25) is 5.91 Å². The summed E-state index contributed by atoms with van der Waals surface area (Å²) in [6.07, 6.45) is 1.03. The third-order valence-electron chi connectivity index (χ3n) is 3.26. The van der Waals surface area contributed by atoms with E-state index in [1.807, 2.05) is 6.92 Å². The van der Waals surface area contributed by atoms with E-state index in [0.717, 1.165) is 5.56 Å². The Labute approximate surface area is 147 Å². The van der Waals surface area contributed by atoms with Crippen LogP contribution >= 0.6 is 12.4 Å². The van der Waals surface area contributed by atoms with Crippen molar-refractivity contribution in [2.75, 3.05) is 5.32 Å². The fourth-order valence-electron chi connectivity index (χ4n) is 1.99. The van der Waals surface area contributed by atoms with Crippen molar-refractivity contribution < 1.29 is 13.9 Å². The van der Waals surface area contributed by atoms with Crippen molar-refractivity contribution in [3.8, 4) is 5.75 Å². The van der Waals surface area contributed by atoms with Crippen LogP contribution in [0.15, 0.2) is 48.5 Å². The number of benzene rings is 2. The SMILES string of the molecule is CC(N)CCC(=O)Nc1cccc(OCc2ccc(F)cc2)c1.Cl. The van der Waals surface area contributed by atoms with Crippen molar-refractivity contribution in [2.24, 2.45) is 5.73 Å². The Balaban J connectivity index is 0.00000288. The maximum Gasteiger partial charge on any atom is 0.224 e. The first-order valence-electron chi connectivity index (χ1n) is 7.55. The van der Waals surface area contributed by atoms with Crippen LogP contribution in [0.4, 0.5) is 10.1 Å². The molecular formula is C18H22ClFN2O2. The van der Waals surface area contributed by atoms with Gasteiger partial charge in [0.25, 0.3) is 0 Å². The Bertz CT molecular complexity index is 648. The first-order valence-corrected chi connectivity index (χ1v) is 7.55. The maximum atomic E-state index is 12.8. The van der Waals surface area contributed by atoms with E-state index >= 15 is 0 Å². The van der Waals surface area contributed by atoms with Gasteiger partial charge in [-0.3, -0.25) is 4.79 Å². The molecule has 2 aromatic carbocycles. The van der Waals surface area contributed by atoms with Gasteiger partial charge in [0.05, 0.1) is 0 Å². The lowest BCUT2D eigenvalue weighted by Gasteiger charge is -2.10. The first-order chi connectivity index (χ1) is 11.0. The van der Waals surface area contributed by atoms with Crippen LogP contribution in [-0.2, 0) is 11.4 Å². The van der Waals surface area contributed by atoms with Crippen molar-refractivity contribution >= 4 is 24.0 Å². The van der Waals surface area contributed by atoms with E-state index in [-0.39, 0.29) is 30.2 Å². The van der Waals surface area contributed by atoms with Gasteiger partial charge in [-0.25, -0.2) is 4.39 Å². The van der Waals surface area contributed by atoms with Crippen molar-refractivity contribution in [3.63, 3.8) is 0 Å². The Morgan fingerprint density at radius 2 is 1.96 bits per heavy atom. The number of halogens is 2. The minimum atomic E-state index is -0.273. The molecule has 130 valence electrons. The fraction of sp³-hybridized carbons (Fsp3) is 0.278. The number of nitrogens with two attached hydrogens (primary N) is 1. The maximum absolute atomic E-state index is 12.8. The number of hydrogen-bond donors (Lipinski definition) is 2. The number of hydrogen-bond acceptors (Lipinski definition) is 3. The molecule has 0 spiro atoms. The molecule has 1 amide bonds. The molecule has 4 nitrogen and oxygen atoms in total. The van der Waals surface area contributed by atoms with E-state index in [1.54, 1.807) is 36.4 Å². The lowest BCUT2D eigenvalue weighted by molar-refractivity contribution is -0.116. The molecule has 24 heavy (non-hydrogen) atoms. The first kappa shape index (κ1) is 19.9. The Hall–Kier alpha value is -2.11. The van der Waals surface area contributed by atoms with Gasteiger partial charge in [-0.1, -0.05) is 18.2 Å². The van der Waals surface area contributed by atoms with Crippen LogP contribution in [0.1, 0.15) is 25.3 Å². The van der Waals surface area contributed by atoms with Crippen LogP contribution < -0.4 is 15.8 Å². The molecule has 0 aliphatic heterocycles. The number of anilines is 1. The summed E-state index contributed by atoms with van der Waals surface area (Å²) >= 11 is 0. The van der Waals surface area contributed by atoms with Crippen molar-refractivity contribution in [1.29, 1.82) is 0 Å². The second-order valence-electron chi connectivity index (χ2n) is 5.51. The summed E-state index contributed by atoms with van der Waals surface area (Å²) in [5.74, 6) is 0.294.